The summed E-state index contributed by atoms with van der Waals surface area (Å²) in [5, 5.41) is 4.86. The van der Waals surface area contributed by atoms with Crippen LogP contribution < -0.4 is 9.86 Å². The van der Waals surface area contributed by atoms with Crippen LogP contribution in [0.1, 0.15) is 12.8 Å². The molecule has 0 amide bonds. The molecule has 1 aromatic rings. The first-order valence-corrected chi connectivity index (χ1v) is 9.15. The molecule has 3 N–H and O–H groups in total. The molecule has 21 heavy (non-hydrogen) atoms. The van der Waals surface area contributed by atoms with E-state index in [4.69, 9.17) is 9.88 Å². The molecule has 10 heteroatoms. The maximum absolute atomic E-state index is 13.9. The number of hydrogen-bond donors (Lipinski definition) is 2. The lowest BCUT2D eigenvalue weighted by molar-refractivity contribution is 0.0832. The van der Waals surface area contributed by atoms with Gasteiger partial charge in [-0.1, -0.05) is 0 Å². The Kier molecular flexibility index (Phi) is 4.63. The molecule has 0 atom stereocenters. The smallest absolute Gasteiger partial charge is 0.243 e. The first-order valence-electron chi connectivity index (χ1n) is 6.12. The zero-order valence-electron chi connectivity index (χ0n) is 11.0. The van der Waals surface area contributed by atoms with E-state index in [1.54, 1.807) is 0 Å². The molecule has 7 nitrogen and oxygen atoms in total. The summed E-state index contributed by atoms with van der Waals surface area (Å²) >= 11 is 0. The lowest BCUT2D eigenvalue weighted by atomic mass is 10.1. The minimum atomic E-state index is -4.09. The van der Waals surface area contributed by atoms with Crippen molar-refractivity contribution >= 4 is 20.0 Å². The van der Waals surface area contributed by atoms with E-state index in [1.807, 2.05) is 0 Å². The molecule has 0 unspecified atom stereocenters. The van der Waals surface area contributed by atoms with Crippen molar-refractivity contribution in [1.29, 1.82) is 0 Å². The average molecular weight is 338 g/mol. The minimum Gasteiger partial charge on any atom is -0.381 e. The fourth-order valence-corrected chi connectivity index (χ4v) is 3.86. The third-order valence-electron chi connectivity index (χ3n) is 3.06. The van der Waals surface area contributed by atoms with Crippen LogP contribution in [-0.2, 0) is 24.8 Å². The highest BCUT2D eigenvalue weighted by Crippen LogP contribution is 2.19. The van der Waals surface area contributed by atoms with Crippen LogP contribution in [-0.4, -0.2) is 36.1 Å². The van der Waals surface area contributed by atoms with Crippen LogP contribution in [0.4, 0.5) is 4.39 Å². The van der Waals surface area contributed by atoms with Gasteiger partial charge in [-0.25, -0.2) is 31.1 Å². The van der Waals surface area contributed by atoms with Crippen LogP contribution in [0, 0.1) is 5.82 Å². The van der Waals surface area contributed by atoms with E-state index in [0.717, 1.165) is 12.1 Å². The van der Waals surface area contributed by atoms with Crippen molar-refractivity contribution in [3.8, 4) is 0 Å². The molecule has 1 saturated heterocycles. The average Bonchev–Trinajstić information content (AvgIpc) is 2.37. The number of benzene rings is 1. The van der Waals surface area contributed by atoms with Crippen LogP contribution in [0.2, 0.25) is 0 Å². The highest BCUT2D eigenvalue weighted by atomic mass is 32.2. The van der Waals surface area contributed by atoms with E-state index in [2.05, 4.69) is 4.72 Å². The zero-order chi connectivity index (χ0) is 15.7. The van der Waals surface area contributed by atoms with E-state index in [9.17, 15) is 21.2 Å². The zero-order valence-corrected chi connectivity index (χ0v) is 12.6. The molecule has 1 aromatic carbocycles. The maximum Gasteiger partial charge on any atom is 0.243 e. The fourth-order valence-electron chi connectivity index (χ4n) is 1.97. The SMILES string of the molecule is NS(=O)(=O)c1ccc(S(=O)(=O)NC2CCOCC2)c(F)c1. The largest absolute Gasteiger partial charge is 0.381 e. The third-order valence-corrected chi connectivity index (χ3v) is 5.53. The van der Waals surface area contributed by atoms with Gasteiger partial charge in [-0.2, -0.15) is 0 Å². The quantitative estimate of drug-likeness (QED) is 0.797. The lowest BCUT2D eigenvalue weighted by Gasteiger charge is -2.23. The molecule has 0 aromatic heterocycles. The van der Waals surface area contributed by atoms with Crippen LogP contribution in [0.3, 0.4) is 0 Å². The molecule has 0 bridgehead atoms. The number of ether oxygens (including phenoxy) is 1. The second-order valence-corrected chi connectivity index (χ2v) is 7.89. The second kappa shape index (κ2) is 5.97. The maximum atomic E-state index is 13.9. The first kappa shape index (κ1) is 16.3. The summed E-state index contributed by atoms with van der Waals surface area (Å²) in [6, 6.07) is 2.10. The van der Waals surface area contributed by atoms with Crippen LogP contribution in [0.5, 0.6) is 0 Å². The topological polar surface area (TPSA) is 116 Å². The Hall–Kier alpha value is -1.07. The highest BCUT2D eigenvalue weighted by molar-refractivity contribution is 7.89. The molecule has 2 rings (SSSR count). The highest BCUT2D eigenvalue weighted by Gasteiger charge is 2.25. The van der Waals surface area contributed by atoms with Gasteiger partial charge >= 0.3 is 0 Å². The summed E-state index contributed by atoms with van der Waals surface area (Å²) < 4.78 is 67.8. The molecule has 1 aliphatic rings. The molecule has 1 aliphatic heterocycles. The van der Waals surface area contributed by atoms with E-state index in [-0.39, 0.29) is 6.04 Å². The predicted molar refractivity (Wildman–Crippen MR) is 71.9 cm³/mol. The summed E-state index contributed by atoms with van der Waals surface area (Å²) in [5.74, 6) is -1.17. The van der Waals surface area contributed by atoms with Crippen molar-refractivity contribution in [2.45, 2.75) is 28.7 Å². The monoisotopic (exact) mass is 338 g/mol. The number of hydrogen-bond acceptors (Lipinski definition) is 5. The normalized spacial score (nSPS) is 17.8. The molecular formula is C11H15FN2O5S2. The number of primary sulfonamides is 1. The van der Waals surface area contributed by atoms with Crippen LogP contribution >= 0.6 is 0 Å². The van der Waals surface area contributed by atoms with Crippen molar-refractivity contribution in [1.82, 2.24) is 4.72 Å². The Labute approximate surface area is 122 Å². The van der Waals surface area contributed by atoms with Gasteiger partial charge in [0.1, 0.15) is 10.7 Å². The van der Waals surface area contributed by atoms with Crippen molar-refractivity contribution in [3.05, 3.63) is 24.0 Å². The Morgan fingerprint density at radius 2 is 1.81 bits per heavy atom. The van der Waals surface area contributed by atoms with Gasteiger partial charge in [0.25, 0.3) is 0 Å². The van der Waals surface area contributed by atoms with E-state index in [0.29, 0.717) is 32.1 Å². The van der Waals surface area contributed by atoms with Gasteiger partial charge in [0.2, 0.25) is 20.0 Å². The molecular weight excluding hydrogens is 323 g/mol. The van der Waals surface area contributed by atoms with E-state index < -0.39 is 35.7 Å². The van der Waals surface area contributed by atoms with E-state index >= 15 is 0 Å². The summed E-state index contributed by atoms with van der Waals surface area (Å²) in [4.78, 5) is -1.09. The second-order valence-electron chi connectivity index (χ2n) is 4.65. The molecule has 0 aliphatic carbocycles. The van der Waals surface area contributed by atoms with Crippen LogP contribution in [0.25, 0.3) is 0 Å². The number of rotatable bonds is 4. The summed E-state index contributed by atoms with van der Waals surface area (Å²) in [5.41, 5.74) is 0. The molecule has 0 radical (unpaired) electrons. The summed E-state index contributed by atoms with van der Waals surface area (Å²) in [7, 11) is -8.16. The van der Waals surface area contributed by atoms with Gasteiger partial charge in [0, 0.05) is 19.3 Å². The summed E-state index contributed by atoms with van der Waals surface area (Å²) in [6.45, 7) is 0.861. The Morgan fingerprint density at radius 1 is 1.19 bits per heavy atom. The molecule has 0 spiro atoms. The molecule has 1 heterocycles. The van der Waals surface area contributed by atoms with Crippen LogP contribution in [0.15, 0.2) is 28.0 Å². The lowest BCUT2D eigenvalue weighted by Crippen LogP contribution is -2.39. The van der Waals surface area contributed by atoms with Crippen molar-refractivity contribution in [2.75, 3.05) is 13.2 Å². The number of halogens is 1. The number of nitrogens with one attached hydrogen (secondary N) is 1. The predicted octanol–water partition coefficient (Wildman–Crippen LogP) is -0.0696. The third kappa shape index (κ3) is 3.98. The molecule has 0 saturated carbocycles. The number of nitrogens with two attached hydrogens (primary N) is 1. The Balaban J connectivity index is 2.28. The summed E-state index contributed by atoms with van der Waals surface area (Å²) in [6.07, 6.45) is 0.992. The Morgan fingerprint density at radius 3 is 2.33 bits per heavy atom. The Bertz CT molecular complexity index is 727. The van der Waals surface area contributed by atoms with Gasteiger partial charge in [-0.15, -0.1) is 0 Å². The standard InChI is InChI=1S/C11H15FN2O5S2/c12-10-7-9(20(13,15)16)1-2-11(10)21(17,18)14-8-3-5-19-6-4-8/h1-2,7-8,14H,3-6H2,(H2,13,15,16). The van der Waals surface area contributed by atoms with Gasteiger partial charge in [0.05, 0.1) is 4.90 Å². The van der Waals surface area contributed by atoms with Crippen molar-refractivity contribution in [3.63, 3.8) is 0 Å². The van der Waals surface area contributed by atoms with Gasteiger partial charge in [-0.3, -0.25) is 0 Å². The molecule has 1 fully saturated rings. The van der Waals surface area contributed by atoms with Gasteiger partial charge < -0.3 is 4.74 Å². The van der Waals surface area contributed by atoms with Gasteiger partial charge in [-0.05, 0) is 31.0 Å². The molecule has 118 valence electrons. The minimum absolute atomic E-state index is 0.332. The fraction of sp³-hybridized carbons (Fsp3) is 0.455. The van der Waals surface area contributed by atoms with Crippen molar-refractivity contribution < 1.29 is 26.0 Å². The van der Waals surface area contributed by atoms with E-state index in [1.165, 1.54) is 0 Å². The number of sulfonamides is 2. The van der Waals surface area contributed by atoms with Gasteiger partial charge in [0.15, 0.2) is 0 Å². The first-order chi connectivity index (χ1) is 9.70. The van der Waals surface area contributed by atoms with Crippen molar-refractivity contribution in [2.24, 2.45) is 5.14 Å².